The second-order valence-corrected chi connectivity index (χ2v) is 13.4. The highest BCUT2D eigenvalue weighted by atomic mass is 16.5. The van der Waals surface area contributed by atoms with Gasteiger partial charge in [-0.3, -0.25) is 4.90 Å². The smallest absolute Gasteiger partial charge is 0.0613 e. The predicted molar refractivity (Wildman–Crippen MR) is 154 cm³/mol. The van der Waals surface area contributed by atoms with Gasteiger partial charge in [-0.25, -0.2) is 0 Å². The first-order valence-corrected chi connectivity index (χ1v) is 14.3. The Morgan fingerprint density at radius 2 is 1.63 bits per heavy atom. The van der Waals surface area contributed by atoms with Crippen LogP contribution in [0.15, 0.2) is 12.1 Å². The maximum absolute atomic E-state index is 6.48. The van der Waals surface area contributed by atoms with Crippen molar-refractivity contribution in [3.63, 3.8) is 0 Å². The number of rotatable bonds is 5. The van der Waals surface area contributed by atoms with Crippen molar-refractivity contribution in [2.45, 2.75) is 126 Å². The molecule has 3 heteroatoms. The van der Waals surface area contributed by atoms with Gasteiger partial charge < -0.3 is 10.5 Å². The molecule has 1 heterocycles. The Hall–Kier alpha value is -1.06. The first kappa shape index (κ1) is 30.2. The minimum absolute atomic E-state index is 0.00999. The number of benzene rings is 1. The third-order valence-corrected chi connectivity index (χ3v) is 9.84. The SMILES string of the molecule is CC.COC1CC(C)(c2c(C)ccc(N)c2C)CN(CC2CC2)C(C)CCC1C(C)(C)C(C)(C)C. The highest BCUT2D eigenvalue weighted by Crippen LogP contribution is 2.51. The molecule has 2 fully saturated rings. The molecule has 2 N–H and O–H groups in total. The molecular formula is C32H58N2O. The lowest BCUT2D eigenvalue weighted by atomic mass is 9.58. The minimum Gasteiger partial charge on any atom is -0.399 e. The number of aryl methyl sites for hydroxylation is 1. The number of nitrogens with two attached hydrogens (primary N) is 1. The molecule has 35 heavy (non-hydrogen) atoms. The predicted octanol–water partition coefficient (Wildman–Crippen LogP) is 8.16. The van der Waals surface area contributed by atoms with E-state index in [0.717, 1.165) is 24.6 Å². The number of nitrogens with zero attached hydrogens (tertiary/aromatic N) is 1. The highest BCUT2D eigenvalue weighted by molar-refractivity contribution is 5.55. The van der Waals surface area contributed by atoms with E-state index in [9.17, 15) is 0 Å². The fourth-order valence-electron chi connectivity index (χ4n) is 6.52. The molecular weight excluding hydrogens is 428 g/mol. The van der Waals surface area contributed by atoms with Crippen LogP contribution in [0.2, 0.25) is 0 Å². The van der Waals surface area contributed by atoms with Crippen molar-refractivity contribution < 1.29 is 4.74 Å². The summed E-state index contributed by atoms with van der Waals surface area (Å²) in [4.78, 5) is 2.82. The molecule has 0 spiro atoms. The van der Waals surface area contributed by atoms with Gasteiger partial charge >= 0.3 is 0 Å². The van der Waals surface area contributed by atoms with Crippen molar-refractivity contribution in [1.29, 1.82) is 0 Å². The molecule has 202 valence electrons. The summed E-state index contributed by atoms with van der Waals surface area (Å²) >= 11 is 0. The average Bonchev–Trinajstić information content (AvgIpc) is 3.59. The van der Waals surface area contributed by atoms with Gasteiger partial charge in [0.1, 0.15) is 0 Å². The van der Waals surface area contributed by atoms with E-state index in [2.05, 4.69) is 79.3 Å². The molecule has 1 aliphatic carbocycles. The quantitative estimate of drug-likeness (QED) is 0.427. The van der Waals surface area contributed by atoms with E-state index in [0.29, 0.717) is 12.0 Å². The summed E-state index contributed by atoms with van der Waals surface area (Å²) < 4.78 is 6.42. The molecule has 4 atom stereocenters. The normalized spacial score (nSPS) is 29.0. The molecule has 2 aliphatic rings. The summed E-state index contributed by atoms with van der Waals surface area (Å²) in [6, 6.07) is 4.89. The fourth-order valence-corrected chi connectivity index (χ4v) is 6.52. The summed E-state index contributed by atoms with van der Waals surface area (Å²) in [6.45, 7) is 27.9. The molecule has 1 aromatic rings. The van der Waals surface area contributed by atoms with Crippen LogP contribution in [-0.4, -0.2) is 37.2 Å². The van der Waals surface area contributed by atoms with Crippen molar-refractivity contribution in [1.82, 2.24) is 4.90 Å². The van der Waals surface area contributed by atoms with Gasteiger partial charge in [0.25, 0.3) is 0 Å². The van der Waals surface area contributed by atoms with Crippen LogP contribution in [-0.2, 0) is 10.2 Å². The van der Waals surface area contributed by atoms with Gasteiger partial charge in [0.2, 0.25) is 0 Å². The lowest BCUT2D eigenvalue weighted by Gasteiger charge is -2.49. The molecule has 0 bridgehead atoms. The lowest BCUT2D eigenvalue weighted by Crippen LogP contribution is -2.48. The van der Waals surface area contributed by atoms with E-state index < -0.39 is 0 Å². The Kier molecular flexibility index (Phi) is 9.95. The van der Waals surface area contributed by atoms with E-state index in [1.54, 1.807) is 0 Å². The van der Waals surface area contributed by atoms with Crippen molar-refractivity contribution in [3.8, 4) is 0 Å². The van der Waals surface area contributed by atoms with Gasteiger partial charge in [0.15, 0.2) is 0 Å². The number of ether oxygens (including phenoxy) is 1. The zero-order valence-electron chi connectivity index (χ0n) is 25.3. The van der Waals surface area contributed by atoms with E-state index in [4.69, 9.17) is 10.5 Å². The molecule has 4 unspecified atom stereocenters. The second-order valence-electron chi connectivity index (χ2n) is 13.4. The Morgan fingerprint density at radius 1 is 1.03 bits per heavy atom. The molecule has 3 rings (SSSR count). The first-order valence-electron chi connectivity index (χ1n) is 14.3. The Bertz CT molecular complexity index is 820. The van der Waals surface area contributed by atoms with Gasteiger partial charge in [-0.1, -0.05) is 61.5 Å². The van der Waals surface area contributed by atoms with E-state index in [-0.39, 0.29) is 22.3 Å². The van der Waals surface area contributed by atoms with Crippen LogP contribution in [0.5, 0.6) is 0 Å². The first-order chi connectivity index (χ1) is 16.2. The van der Waals surface area contributed by atoms with E-state index >= 15 is 0 Å². The van der Waals surface area contributed by atoms with Crippen molar-refractivity contribution >= 4 is 5.69 Å². The third kappa shape index (κ3) is 6.63. The molecule has 1 saturated heterocycles. The van der Waals surface area contributed by atoms with Crippen molar-refractivity contribution in [2.24, 2.45) is 22.7 Å². The standard InChI is InChI=1S/C30H52N2O.C2H6/c1-20-11-16-25(31)22(3)27(20)30(9)17-26(33-10)24(29(7,8)28(4,5)6)15-12-21(2)32(19-30)18-23-13-14-23;1-2/h11,16,21,23-24,26H,12-15,17-19,31H2,1-10H3;1-2H3. The van der Waals surface area contributed by atoms with Gasteiger partial charge in [0, 0.05) is 37.3 Å². The minimum atomic E-state index is -0.00999. The van der Waals surface area contributed by atoms with Crippen LogP contribution in [0, 0.1) is 36.5 Å². The van der Waals surface area contributed by atoms with E-state index in [1.165, 1.54) is 48.9 Å². The molecule has 1 aromatic carbocycles. The Balaban J connectivity index is 0.00000210. The zero-order chi connectivity index (χ0) is 26.8. The highest BCUT2D eigenvalue weighted by Gasteiger charge is 2.48. The van der Waals surface area contributed by atoms with Crippen molar-refractivity contribution in [3.05, 3.63) is 28.8 Å². The van der Waals surface area contributed by atoms with Gasteiger partial charge in [0.05, 0.1) is 6.10 Å². The number of anilines is 1. The Labute approximate surface area is 218 Å². The molecule has 0 aromatic heterocycles. The second kappa shape index (κ2) is 11.5. The number of hydrogen-bond donors (Lipinski definition) is 1. The third-order valence-electron chi connectivity index (χ3n) is 9.84. The summed E-state index contributed by atoms with van der Waals surface area (Å²) in [5.41, 5.74) is 11.8. The van der Waals surface area contributed by atoms with Crippen LogP contribution in [0.4, 0.5) is 5.69 Å². The van der Waals surface area contributed by atoms with Crippen LogP contribution < -0.4 is 5.73 Å². The average molecular weight is 487 g/mol. The molecule has 0 radical (unpaired) electrons. The largest absolute Gasteiger partial charge is 0.399 e. The van der Waals surface area contributed by atoms with Crippen LogP contribution >= 0.6 is 0 Å². The Morgan fingerprint density at radius 3 is 2.14 bits per heavy atom. The molecule has 3 nitrogen and oxygen atoms in total. The summed E-state index contributed by atoms with van der Waals surface area (Å²) in [6.07, 6.45) is 6.51. The maximum atomic E-state index is 6.48. The topological polar surface area (TPSA) is 38.5 Å². The number of nitrogen functional groups attached to an aromatic ring is 1. The molecule has 1 aliphatic heterocycles. The number of hydrogen-bond acceptors (Lipinski definition) is 3. The summed E-state index contributed by atoms with van der Waals surface area (Å²) in [5, 5.41) is 0. The van der Waals surface area contributed by atoms with Gasteiger partial charge in [-0.15, -0.1) is 0 Å². The lowest BCUT2D eigenvalue weighted by molar-refractivity contribution is -0.0624. The van der Waals surface area contributed by atoms with Gasteiger partial charge in [-0.2, -0.15) is 0 Å². The van der Waals surface area contributed by atoms with Gasteiger partial charge in [-0.05, 0) is 98.3 Å². The maximum Gasteiger partial charge on any atom is 0.0613 e. The van der Waals surface area contributed by atoms with Crippen molar-refractivity contribution in [2.75, 3.05) is 25.9 Å². The van der Waals surface area contributed by atoms with Crippen LogP contribution in [0.25, 0.3) is 0 Å². The zero-order valence-corrected chi connectivity index (χ0v) is 25.3. The molecule has 0 amide bonds. The summed E-state index contributed by atoms with van der Waals surface area (Å²) in [7, 11) is 1.94. The molecule has 1 saturated carbocycles. The van der Waals surface area contributed by atoms with Crippen LogP contribution in [0.1, 0.15) is 111 Å². The van der Waals surface area contributed by atoms with E-state index in [1.807, 2.05) is 21.0 Å². The fraction of sp³-hybridized carbons (Fsp3) is 0.812. The monoisotopic (exact) mass is 486 g/mol. The summed E-state index contributed by atoms with van der Waals surface area (Å²) in [5.74, 6) is 1.40. The van der Waals surface area contributed by atoms with Crippen LogP contribution in [0.3, 0.4) is 0 Å². The number of methoxy groups -OCH3 is 1.